The molecule has 0 saturated heterocycles. The largest absolute Gasteiger partial charge is 0.545 e. The number of methoxy groups -OCH3 is 1. The highest BCUT2D eigenvalue weighted by Crippen LogP contribution is 2.27. The molecule has 0 aliphatic heterocycles. The molecule has 1 N–H and O–H groups in total. The first-order chi connectivity index (χ1) is 14.4. The van der Waals surface area contributed by atoms with Crippen LogP contribution in [0.5, 0.6) is 0 Å². The first-order valence-electron chi connectivity index (χ1n) is 8.72. The summed E-state index contributed by atoms with van der Waals surface area (Å²) in [5, 5.41) is 24.5. The fourth-order valence-electron chi connectivity index (χ4n) is 2.78. The fraction of sp³-hybridized carbons (Fsp3) is 0.143. The average Bonchev–Trinajstić information content (AvgIpc) is 3.16. The van der Waals surface area contributed by atoms with Crippen molar-refractivity contribution in [3.05, 3.63) is 69.6 Å². The summed E-state index contributed by atoms with van der Waals surface area (Å²) >= 11 is 5.97. The third-order valence-corrected chi connectivity index (χ3v) is 4.42. The molecule has 0 spiro atoms. The number of hydrogen-bond donors (Lipinski definition) is 1. The minimum Gasteiger partial charge on any atom is -0.545 e. The van der Waals surface area contributed by atoms with Gasteiger partial charge in [0.25, 0.3) is 0 Å². The number of nitrogens with zero attached hydrogens (tertiary/aromatic N) is 3. The molecule has 0 fully saturated rings. The molecule has 2 aromatic heterocycles. The first-order valence-corrected chi connectivity index (χ1v) is 9.10. The van der Waals surface area contributed by atoms with Gasteiger partial charge in [0.05, 0.1) is 23.8 Å². The molecule has 0 aliphatic carbocycles. The number of hydrogen-bond acceptors (Lipinski definition) is 8. The number of hydrazone groups is 1. The van der Waals surface area contributed by atoms with E-state index >= 15 is 0 Å². The van der Waals surface area contributed by atoms with Gasteiger partial charge in [-0.15, -0.1) is 0 Å². The van der Waals surface area contributed by atoms with Crippen molar-refractivity contribution in [3.63, 3.8) is 0 Å². The lowest BCUT2D eigenvalue weighted by Crippen LogP contribution is -2.22. The number of furan rings is 1. The van der Waals surface area contributed by atoms with Crippen LogP contribution in [-0.4, -0.2) is 24.3 Å². The highest BCUT2D eigenvalue weighted by molar-refractivity contribution is 6.33. The van der Waals surface area contributed by atoms with Crippen molar-refractivity contribution in [2.45, 2.75) is 13.5 Å². The normalized spacial score (nSPS) is 10.9. The molecule has 2 heterocycles. The number of aryl methyl sites for hydroxylation is 1. The van der Waals surface area contributed by atoms with Gasteiger partial charge in [-0.3, -0.25) is 5.43 Å². The van der Waals surface area contributed by atoms with Crippen LogP contribution in [0, 0.1) is 18.3 Å². The standard InChI is InChI=1S/C21H17ClN4O4/c1-12-7-14(11-29-2)17(9-23)20(25-12)26-24-10-15-4-6-19(30-15)13-3-5-16(21(27)28)18(22)8-13/h3-8,10H,11H2,1-2H3,(H,25,26)(H,27,28)/p-1/b24-10-. The van der Waals surface area contributed by atoms with Crippen LogP contribution in [0.15, 0.2) is 45.9 Å². The van der Waals surface area contributed by atoms with Crippen LogP contribution in [0.2, 0.25) is 5.02 Å². The van der Waals surface area contributed by atoms with E-state index in [1.807, 2.05) is 6.92 Å². The van der Waals surface area contributed by atoms with Gasteiger partial charge in [0.1, 0.15) is 23.2 Å². The monoisotopic (exact) mass is 423 g/mol. The zero-order chi connectivity index (χ0) is 21.7. The van der Waals surface area contributed by atoms with E-state index in [1.54, 1.807) is 31.4 Å². The molecular formula is C21H16ClN4O4-. The predicted molar refractivity (Wildman–Crippen MR) is 109 cm³/mol. The Balaban J connectivity index is 1.78. The van der Waals surface area contributed by atoms with E-state index in [0.717, 1.165) is 5.69 Å². The van der Waals surface area contributed by atoms with Gasteiger partial charge in [-0.25, -0.2) is 4.98 Å². The van der Waals surface area contributed by atoms with Crippen molar-refractivity contribution >= 4 is 29.6 Å². The van der Waals surface area contributed by atoms with Crippen molar-refractivity contribution in [3.8, 4) is 17.4 Å². The number of carboxylic acids is 1. The molecule has 8 nitrogen and oxygen atoms in total. The second-order valence-corrected chi connectivity index (χ2v) is 6.65. The van der Waals surface area contributed by atoms with Crippen LogP contribution in [0.3, 0.4) is 0 Å². The summed E-state index contributed by atoms with van der Waals surface area (Å²) in [5.41, 5.74) is 5.05. The minimum atomic E-state index is -1.35. The summed E-state index contributed by atoms with van der Waals surface area (Å²) in [6.45, 7) is 2.09. The minimum absolute atomic E-state index is 0.0576. The molecule has 0 radical (unpaired) electrons. The topological polar surface area (TPSA) is 124 Å². The molecule has 0 saturated carbocycles. The highest BCUT2D eigenvalue weighted by atomic mass is 35.5. The van der Waals surface area contributed by atoms with Gasteiger partial charge in [-0.2, -0.15) is 10.4 Å². The first kappa shape index (κ1) is 21.0. The fourth-order valence-corrected chi connectivity index (χ4v) is 3.04. The van der Waals surface area contributed by atoms with Gasteiger partial charge in [0.15, 0.2) is 5.82 Å². The second kappa shape index (κ2) is 9.22. The SMILES string of the molecule is COCc1cc(C)nc(N/N=C\c2ccc(-c3ccc(C(=O)[O-])c(Cl)c3)o2)c1C#N. The Labute approximate surface area is 177 Å². The zero-order valence-electron chi connectivity index (χ0n) is 16.1. The third kappa shape index (κ3) is 4.66. The average molecular weight is 424 g/mol. The third-order valence-electron chi connectivity index (χ3n) is 4.10. The van der Waals surface area contributed by atoms with Crippen LogP contribution in [0.25, 0.3) is 11.3 Å². The Kier molecular flexibility index (Phi) is 6.47. The van der Waals surface area contributed by atoms with E-state index in [4.69, 9.17) is 20.8 Å². The number of aromatic nitrogens is 1. The number of pyridine rings is 1. The second-order valence-electron chi connectivity index (χ2n) is 6.25. The van der Waals surface area contributed by atoms with Crippen molar-refractivity contribution in [2.24, 2.45) is 5.10 Å². The Morgan fingerprint density at radius 1 is 1.40 bits per heavy atom. The Morgan fingerprint density at radius 2 is 2.20 bits per heavy atom. The number of anilines is 1. The predicted octanol–water partition coefficient (Wildman–Crippen LogP) is 3.13. The Hall–Kier alpha value is -3.67. The molecule has 1 aromatic carbocycles. The van der Waals surface area contributed by atoms with E-state index in [9.17, 15) is 15.2 Å². The van der Waals surface area contributed by atoms with Crippen LogP contribution < -0.4 is 10.5 Å². The summed E-state index contributed by atoms with van der Waals surface area (Å²) in [5.74, 6) is -0.116. The number of halogens is 1. The highest BCUT2D eigenvalue weighted by Gasteiger charge is 2.11. The lowest BCUT2D eigenvalue weighted by atomic mass is 10.1. The smallest absolute Gasteiger partial charge is 0.164 e. The van der Waals surface area contributed by atoms with Gasteiger partial charge in [0, 0.05) is 29.5 Å². The van der Waals surface area contributed by atoms with Crippen LogP contribution in [0.4, 0.5) is 5.82 Å². The lowest BCUT2D eigenvalue weighted by molar-refractivity contribution is -0.255. The lowest BCUT2D eigenvalue weighted by Gasteiger charge is -2.09. The van der Waals surface area contributed by atoms with Crippen LogP contribution in [0.1, 0.15) is 32.9 Å². The number of carboxylic acid groups (broad SMARTS) is 1. The maximum absolute atomic E-state index is 11.0. The van der Waals surface area contributed by atoms with E-state index in [0.29, 0.717) is 34.0 Å². The number of nitriles is 1. The van der Waals surface area contributed by atoms with Gasteiger partial charge in [0.2, 0.25) is 0 Å². The van der Waals surface area contributed by atoms with Crippen molar-refractivity contribution < 1.29 is 19.1 Å². The van der Waals surface area contributed by atoms with Crippen molar-refractivity contribution in [1.29, 1.82) is 5.26 Å². The number of carbonyl (C=O) groups is 1. The molecule has 152 valence electrons. The molecule has 0 unspecified atom stereocenters. The number of nitrogens with one attached hydrogen (secondary N) is 1. The summed E-state index contributed by atoms with van der Waals surface area (Å²) in [6, 6.07) is 11.7. The molecule has 0 aliphatic rings. The summed E-state index contributed by atoms with van der Waals surface area (Å²) in [4.78, 5) is 15.3. The van der Waals surface area contributed by atoms with Gasteiger partial charge >= 0.3 is 0 Å². The number of ether oxygens (including phenoxy) is 1. The van der Waals surface area contributed by atoms with Crippen LogP contribution in [-0.2, 0) is 11.3 Å². The molecule has 0 bridgehead atoms. The van der Waals surface area contributed by atoms with E-state index in [-0.39, 0.29) is 17.2 Å². The number of benzene rings is 1. The summed E-state index contributed by atoms with van der Waals surface area (Å²) in [6.07, 6.45) is 1.43. The number of aromatic carboxylic acids is 1. The molecule has 3 aromatic rings. The molecule has 30 heavy (non-hydrogen) atoms. The molecular weight excluding hydrogens is 408 g/mol. The molecule has 0 amide bonds. The maximum Gasteiger partial charge on any atom is 0.164 e. The summed E-state index contributed by atoms with van der Waals surface area (Å²) in [7, 11) is 1.55. The maximum atomic E-state index is 11.0. The van der Waals surface area contributed by atoms with Gasteiger partial charge in [-0.05, 0) is 31.2 Å². The Morgan fingerprint density at radius 3 is 2.87 bits per heavy atom. The van der Waals surface area contributed by atoms with Gasteiger partial charge < -0.3 is 19.1 Å². The van der Waals surface area contributed by atoms with Crippen LogP contribution >= 0.6 is 11.6 Å². The Bertz CT molecular complexity index is 1160. The van der Waals surface area contributed by atoms with Gasteiger partial charge in [-0.1, -0.05) is 23.7 Å². The summed E-state index contributed by atoms with van der Waals surface area (Å²) < 4.78 is 10.8. The number of rotatable bonds is 7. The zero-order valence-corrected chi connectivity index (χ0v) is 16.9. The number of carbonyl (C=O) groups excluding carboxylic acids is 1. The molecule has 0 atom stereocenters. The van der Waals surface area contributed by atoms with E-state index < -0.39 is 5.97 Å². The molecule has 3 rings (SSSR count). The molecule has 9 heteroatoms. The van der Waals surface area contributed by atoms with Crippen molar-refractivity contribution in [2.75, 3.05) is 12.5 Å². The van der Waals surface area contributed by atoms with Crippen molar-refractivity contribution in [1.82, 2.24) is 4.98 Å². The van der Waals surface area contributed by atoms with E-state index in [2.05, 4.69) is 21.6 Å². The van der Waals surface area contributed by atoms with E-state index in [1.165, 1.54) is 18.3 Å². The quantitative estimate of drug-likeness (QED) is 0.457.